The van der Waals surface area contributed by atoms with Gasteiger partial charge in [-0.05, 0) is 20.4 Å². The number of likely N-dealkylation sites (N-methyl/N-ethyl adjacent to an activating group) is 1. The smallest absolute Gasteiger partial charge is 0.181 e. The number of aromatic nitrogens is 1. The lowest BCUT2D eigenvalue weighted by molar-refractivity contribution is 0.441. The molecule has 0 spiro atoms. The maximum Gasteiger partial charge on any atom is 0.181 e. The molecular formula is C10H19N3O. The van der Waals surface area contributed by atoms with Crippen LogP contribution in [0.3, 0.4) is 0 Å². The molecule has 1 aromatic heterocycles. The summed E-state index contributed by atoms with van der Waals surface area (Å²) >= 11 is 0. The molecule has 0 amide bonds. The van der Waals surface area contributed by atoms with Crippen LogP contribution >= 0.6 is 0 Å². The molecule has 1 rings (SSSR count). The van der Waals surface area contributed by atoms with Crippen LogP contribution < -0.4 is 10.6 Å². The van der Waals surface area contributed by atoms with Crippen LogP contribution in [-0.2, 0) is 6.54 Å². The van der Waals surface area contributed by atoms with E-state index in [1.807, 2.05) is 6.92 Å². The first kappa shape index (κ1) is 11.2. The molecular weight excluding hydrogens is 178 g/mol. The van der Waals surface area contributed by atoms with Crippen LogP contribution in [0.4, 0.5) is 0 Å². The molecule has 14 heavy (non-hydrogen) atoms. The van der Waals surface area contributed by atoms with Crippen molar-refractivity contribution in [2.45, 2.75) is 33.4 Å². The molecule has 4 nitrogen and oxygen atoms in total. The Morgan fingerprint density at radius 3 is 2.93 bits per heavy atom. The first-order chi connectivity index (χ1) is 6.74. The number of hydrogen-bond donors (Lipinski definition) is 2. The van der Waals surface area contributed by atoms with Gasteiger partial charge in [0.2, 0.25) is 0 Å². The van der Waals surface area contributed by atoms with E-state index in [1.54, 1.807) is 0 Å². The quantitative estimate of drug-likeness (QED) is 0.716. The Balaban J connectivity index is 2.23. The Labute approximate surface area is 85.1 Å². The molecule has 0 aliphatic heterocycles. The van der Waals surface area contributed by atoms with Gasteiger partial charge >= 0.3 is 0 Å². The molecule has 1 heterocycles. The Morgan fingerprint density at radius 1 is 1.57 bits per heavy atom. The molecule has 1 atom stereocenters. The normalized spacial score (nSPS) is 13.1. The van der Waals surface area contributed by atoms with Gasteiger partial charge in [0.1, 0.15) is 5.76 Å². The van der Waals surface area contributed by atoms with E-state index in [4.69, 9.17) is 4.42 Å². The third kappa shape index (κ3) is 3.47. The van der Waals surface area contributed by atoms with Crippen LogP contribution in [0.15, 0.2) is 10.8 Å². The highest BCUT2D eigenvalue weighted by atomic mass is 16.3. The van der Waals surface area contributed by atoms with Gasteiger partial charge in [-0.25, -0.2) is 4.98 Å². The Morgan fingerprint density at radius 2 is 2.36 bits per heavy atom. The fraction of sp³-hybridized carbons (Fsp3) is 0.700. The van der Waals surface area contributed by atoms with Crippen molar-refractivity contribution in [3.8, 4) is 0 Å². The number of hydrogen-bond acceptors (Lipinski definition) is 4. The van der Waals surface area contributed by atoms with E-state index in [2.05, 4.69) is 29.5 Å². The molecule has 0 bridgehead atoms. The van der Waals surface area contributed by atoms with Gasteiger partial charge < -0.3 is 15.1 Å². The number of aryl methyl sites for hydroxylation is 1. The summed E-state index contributed by atoms with van der Waals surface area (Å²) in [7, 11) is 0. The number of oxazole rings is 1. The standard InChI is InChI=1S/C10H19N3O/c1-4-11-5-8(2)12-6-10-9(3)13-7-14-10/h7-8,11-12H,4-6H2,1-3H3. The first-order valence-electron chi connectivity index (χ1n) is 5.07. The van der Waals surface area contributed by atoms with Gasteiger partial charge in [0.15, 0.2) is 6.39 Å². The molecule has 4 heteroatoms. The minimum absolute atomic E-state index is 0.444. The largest absolute Gasteiger partial charge is 0.447 e. The van der Waals surface area contributed by atoms with E-state index in [9.17, 15) is 0 Å². The van der Waals surface area contributed by atoms with Crippen molar-refractivity contribution in [2.24, 2.45) is 0 Å². The van der Waals surface area contributed by atoms with Gasteiger partial charge in [0.05, 0.1) is 12.2 Å². The highest BCUT2D eigenvalue weighted by Crippen LogP contribution is 2.03. The fourth-order valence-electron chi connectivity index (χ4n) is 1.20. The van der Waals surface area contributed by atoms with Crippen molar-refractivity contribution >= 4 is 0 Å². The molecule has 2 N–H and O–H groups in total. The van der Waals surface area contributed by atoms with Gasteiger partial charge in [0, 0.05) is 12.6 Å². The van der Waals surface area contributed by atoms with Gasteiger partial charge in [-0.2, -0.15) is 0 Å². The highest BCUT2D eigenvalue weighted by molar-refractivity contribution is 5.03. The lowest BCUT2D eigenvalue weighted by Crippen LogP contribution is -2.35. The van der Waals surface area contributed by atoms with Crippen LogP contribution in [0.25, 0.3) is 0 Å². The number of nitrogens with one attached hydrogen (secondary N) is 2. The predicted octanol–water partition coefficient (Wildman–Crippen LogP) is 1.07. The van der Waals surface area contributed by atoms with Crippen molar-refractivity contribution < 1.29 is 4.42 Å². The van der Waals surface area contributed by atoms with Crippen LogP contribution in [-0.4, -0.2) is 24.1 Å². The maximum atomic E-state index is 5.23. The molecule has 0 saturated heterocycles. The third-order valence-corrected chi connectivity index (χ3v) is 2.16. The molecule has 0 saturated carbocycles. The average molecular weight is 197 g/mol. The molecule has 1 aromatic rings. The summed E-state index contributed by atoms with van der Waals surface area (Å²) in [6.07, 6.45) is 1.49. The lowest BCUT2D eigenvalue weighted by Gasteiger charge is -2.12. The minimum atomic E-state index is 0.444. The van der Waals surface area contributed by atoms with E-state index >= 15 is 0 Å². The summed E-state index contributed by atoms with van der Waals surface area (Å²) in [5.74, 6) is 0.924. The first-order valence-corrected chi connectivity index (χ1v) is 5.07. The van der Waals surface area contributed by atoms with Crippen molar-refractivity contribution in [3.63, 3.8) is 0 Å². The van der Waals surface area contributed by atoms with Crippen molar-refractivity contribution in [1.29, 1.82) is 0 Å². The SMILES string of the molecule is CCNCC(C)NCc1ocnc1C. The summed E-state index contributed by atoms with van der Waals surface area (Å²) in [5.41, 5.74) is 0.966. The summed E-state index contributed by atoms with van der Waals surface area (Å²) in [6, 6.07) is 0.444. The summed E-state index contributed by atoms with van der Waals surface area (Å²) < 4.78 is 5.23. The van der Waals surface area contributed by atoms with Crippen molar-refractivity contribution in [2.75, 3.05) is 13.1 Å². The van der Waals surface area contributed by atoms with Crippen molar-refractivity contribution in [3.05, 3.63) is 17.8 Å². The molecule has 0 radical (unpaired) electrons. The van der Waals surface area contributed by atoms with Gasteiger partial charge in [0.25, 0.3) is 0 Å². The Kier molecular flexibility index (Phi) is 4.62. The Bertz CT molecular complexity index is 260. The predicted molar refractivity (Wildman–Crippen MR) is 56.1 cm³/mol. The van der Waals surface area contributed by atoms with Gasteiger partial charge in [-0.15, -0.1) is 0 Å². The Hall–Kier alpha value is -0.870. The zero-order valence-electron chi connectivity index (χ0n) is 9.13. The van der Waals surface area contributed by atoms with E-state index in [-0.39, 0.29) is 0 Å². The molecule has 1 unspecified atom stereocenters. The number of rotatable bonds is 6. The topological polar surface area (TPSA) is 50.1 Å². The molecule has 0 fully saturated rings. The average Bonchev–Trinajstić information content (AvgIpc) is 2.58. The highest BCUT2D eigenvalue weighted by Gasteiger charge is 2.05. The van der Waals surface area contributed by atoms with Crippen LogP contribution in [0, 0.1) is 6.92 Å². The van der Waals surface area contributed by atoms with Crippen LogP contribution in [0.1, 0.15) is 25.3 Å². The van der Waals surface area contributed by atoms with Crippen molar-refractivity contribution in [1.82, 2.24) is 15.6 Å². The van der Waals surface area contributed by atoms with E-state index in [0.717, 1.165) is 31.1 Å². The summed E-state index contributed by atoms with van der Waals surface area (Å²) in [6.45, 7) is 8.94. The molecule has 80 valence electrons. The van der Waals surface area contributed by atoms with E-state index in [1.165, 1.54) is 6.39 Å². The fourth-order valence-corrected chi connectivity index (χ4v) is 1.20. The second-order valence-electron chi connectivity index (χ2n) is 3.45. The third-order valence-electron chi connectivity index (χ3n) is 2.16. The molecule has 0 aliphatic carbocycles. The van der Waals surface area contributed by atoms with Gasteiger partial charge in [-0.3, -0.25) is 0 Å². The van der Waals surface area contributed by atoms with Crippen LogP contribution in [0.2, 0.25) is 0 Å². The lowest BCUT2D eigenvalue weighted by atomic mass is 10.3. The van der Waals surface area contributed by atoms with E-state index in [0.29, 0.717) is 6.04 Å². The monoisotopic (exact) mass is 197 g/mol. The van der Waals surface area contributed by atoms with Crippen LogP contribution in [0.5, 0.6) is 0 Å². The zero-order valence-corrected chi connectivity index (χ0v) is 9.13. The zero-order chi connectivity index (χ0) is 10.4. The second-order valence-corrected chi connectivity index (χ2v) is 3.45. The summed E-state index contributed by atoms with van der Waals surface area (Å²) in [4.78, 5) is 4.03. The molecule has 0 aromatic carbocycles. The second kappa shape index (κ2) is 5.78. The summed E-state index contributed by atoms with van der Waals surface area (Å²) in [5, 5.41) is 6.65. The maximum absolute atomic E-state index is 5.23. The van der Waals surface area contributed by atoms with E-state index < -0.39 is 0 Å². The molecule has 0 aliphatic rings. The minimum Gasteiger partial charge on any atom is -0.447 e. The number of nitrogens with zero attached hydrogens (tertiary/aromatic N) is 1. The van der Waals surface area contributed by atoms with Gasteiger partial charge in [-0.1, -0.05) is 6.92 Å².